The molecule has 1 saturated heterocycles. The van der Waals surface area contributed by atoms with Crippen LogP contribution in [0.15, 0.2) is 42.6 Å². The molecule has 3 rings (SSSR count). The molecule has 1 fully saturated rings. The lowest BCUT2D eigenvalue weighted by Gasteiger charge is -2.33. The Hall–Kier alpha value is -1.79. The Morgan fingerprint density at radius 2 is 1.95 bits per heavy atom. The molecule has 1 atom stereocenters. The molecule has 1 N–H and O–H groups in total. The average Bonchev–Trinajstić information content (AvgIpc) is 2.95. The number of benzene rings is 1. The fourth-order valence-corrected chi connectivity index (χ4v) is 3.61. The molecule has 22 heavy (non-hydrogen) atoms. The molecule has 0 radical (unpaired) electrons. The molecular formula is C16H20N4OS. The Labute approximate surface area is 134 Å². The van der Waals surface area contributed by atoms with Gasteiger partial charge < -0.3 is 5.32 Å². The molecule has 2 heterocycles. The first kappa shape index (κ1) is 15.1. The lowest BCUT2D eigenvalue weighted by molar-refractivity contribution is -0.121. The first-order chi connectivity index (χ1) is 10.7. The third-order valence-electron chi connectivity index (χ3n) is 3.74. The van der Waals surface area contributed by atoms with Crippen LogP contribution in [0.25, 0.3) is 0 Å². The summed E-state index contributed by atoms with van der Waals surface area (Å²) in [5, 5.41) is 7.17. The zero-order valence-corrected chi connectivity index (χ0v) is 13.4. The highest BCUT2D eigenvalue weighted by atomic mass is 32.2. The van der Waals surface area contributed by atoms with Gasteiger partial charge in [-0.3, -0.25) is 14.4 Å². The zero-order valence-electron chi connectivity index (χ0n) is 12.6. The minimum absolute atomic E-state index is 0.0169. The average molecular weight is 316 g/mol. The van der Waals surface area contributed by atoms with Gasteiger partial charge in [0, 0.05) is 43.9 Å². The first-order valence-corrected chi connectivity index (χ1v) is 8.57. The van der Waals surface area contributed by atoms with Crippen molar-refractivity contribution >= 4 is 23.5 Å². The van der Waals surface area contributed by atoms with Crippen LogP contribution in [0, 0.1) is 0 Å². The van der Waals surface area contributed by atoms with Crippen molar-refractivity contribution in [2.75, 3.05) is 29.9 Å². The number of rotatable bonds is 4. The third kappa shape index (κ3) is 3.51. The van der Waals surface area contributed by atoms with Crippen LogP contribution in [0.1, 0.15) is 11.6 Å². The van der Waals surface area contributed by atoms with Crippen LogP contribution in [0.5, 0.6) is 0 Å². The summed E-state index contributed by atoms with van der Waals surface area (Å²) in [5.74, 6) is 2.72. The summed E-state index contributed by atoms with van der Waals surface area (Å²) in [5.41, 5.74) is 1.03. The number of nitrogens with one attached hydrogen (secondary N) is 1. The van der Waals surface area contributed by atoms with Gasteiger partial charge >= 0.3 is 0 Å². The largest absolute Gasteiger partial charge is 0.308 e. The van der Waals surface area contributed by atoms with Gasteiger partial charge in [0.15, 0.2) is 5.82 Å². The zero-order chi connectivity index (χ0) is 15.4. The van der Waals surface area contributed by atoms with Crippen molar-refractivity contribution in [2.24, 2.45) is 7.05 Å². The summed E-state index contributed by atoms with van der Waals surface area (Å²) in [6.45, 7) is 1.86. The first-order valence-electron chi connectivity index (χ1n) is 7.41. The number of amides is 1. The van der Waals surface area contributed by atoms with Crippen LogP contribution >= 0.6 is 11.8 Å². The quantitative estimate of drug-likeness (QED) is 0.939. The monoisotopic (exact) mass is 316 g/mol. The lowest BCUT2D eigenvalue weighted by Crippen LogP contribution is -2.42. The highest BCUT2D eigenvalue weighted by Gasteiger charge is 2.29. The van der Waals surface area contributed by atoms with Crippen LogP contribution in [0.4, 0.5) is 5.82 Å². The lowest BCUT2D eigenvalue weighted by atomic mass is 10.0. The summed E-state index contributed by atoms with van der Waals surface area (Å²) in [6, 6.07) is 11.5. The van der Waals surface area contributed by atoms with E-state index < -0.39 is 0 Å². The smallest absolute Gasteiger partial charge is 0.247 e. The summed E-state index contributed by atoms with van der Waals surface area (Å²) >= 11 is 1.94. The second-order valence-electron chi connectivity index (χ2n) is 5.33. The van der Waals surface area contributed by atoms with Crippen molar-refractivity contribution in [3.05, 3.63) is 48.2 Å². The van der Waals surface area contributed by atoms with Crippen molar-refractivity contribution in [1.82, 2.24) is 14.7 Å². The normalized spacial score (nSPS) is 17.1. The standard InChI is InChI=1S/C16H20N4OS/c1-19-8-7-14(18-19)17-16(21)15(13-5-3-2-4-6-13)20-9-11-22-12-10-20/h2-8,15H,9-12H2,1H3,(H,17,18,21)/t15-/m0/s1. The van der Waals surface area contributed by atoms with E-state index in [9.17, 15) is 4.79 Å². The molecule has 0 unspecified atom stereocenters. The number of aryl methyl sites for hydroxylation is 1. The second-order valence-corrected chi connectivity index (χ2v) is 6.55. The van der Waals surface area contributed by atoms with Gasteiger partial charge in [-0.05, 0) is 5.56 Å². The predicted molar refractivity (Wildman–Crippen MR) is 89.9 cm³/mol. The van der Waals surface area contributed by atoms with Crippen molar-refractivity contribution in [3.8, 4) is 0 Å². The van der Waals surface area contributed by atoms with Crippen LogP contribution in [0.2, 0.25) is 0 Å². The van der Waals surface area contributed by atoms with E-state index in [-0.39, 0.29) is 11.9 Å². The van der Waals surface area contributed by atoms with E-state index in [1.54, 1.807) is 4.68 Å². The van der Waals surface area contributed by atoms with E-state index in [2.05, 4.69) is 15.3 Å². The molecule has 116 valence electrons. The maximum Gasteiger partial charge on any atom is 0.247 e. The van der Waals surface area contributed by atoms with Crippen LogP contribution in [-0.2, 0) is 11.8 Å². The van der Waals surface area contributed by atoms with Crippen molar-refractivity contribution < 1.29 is 4.79 Å². The van der Waals surface area contributed by atoms with Crippen molar-refractivity contribution in [3.63, 3.8) is 0 Å². The van der Waals surface area contributed by atoms with Gasteiger partial charge in [0.1, 0.15) is 6.04 Å². The number of carbonyl (C=O) groups excluding carboxylic acids is 1. The fraction of sp³-hybridized carbons (Fsp3) is 0.375. The summed E-state index contributed by atoms with van der Waals surface area (Å²) in [7, 11) is 1.84. The van der Waals surface area contributed by atoms with Gasteiger partial charge in [-0.1, -0.05) is 30.3 Å². The molecule has 2 aromatic rings. The van der Waals surface area contributed by atoms with Gasteiger partial charge in [-0.25, -0.2) is 0 Å². The molecule has 1 aliphatic heterocycles. The molecule has 1 aromatic carbocycles. The number of hydrogen-bond acceptors (Lipinski definition) is 4. The van der Waals surface area contributed by atoms with Gasteiger partial charge in [0.25, 0.3) is 0 Å². The van der Waals surface area contributed by atoms with Crippen LogP contribution in [-0.4, -0.2) is 45.2 Å². The van der Waals surface area contributed by atoms with Crippen LogP contribution < -0.4 is 5.32 Å². The van der Waals surface area contributed by atoms with E-state index >= 15 is 0 Å². The Morgan fingerprint density at radius 1 is 1.23 bits per heavy atom. The Kier molecular flexibility index (Phi) is 4.80. The van der Waals surface area contributed by atoms with Gasteiger partial charge in [0.05, 0.1) is 0 Å². The summed E-state index contributed by atoms with van der Waals surface area (Å²) in [4.78, 5) is 15.1. The minimum Gasteiger partial charge on any atom is -0.308 e. The molecule has 6 heteroatoms. The molecule has 0 spiro atoms. The maximum atomic E-state index is 12.8. The number of anilines is 1. The number of hydrogen-bond donors (Lipinski definition) is 1. The minimum atomic E-state index is -0.260. The van der Waals surface area contributed by atoms with Crippen molar-refractivity contribution in [1.29, 1.82) is 0 Å². The van der Waals surface area contributed by atoms with Gasteiger partial charge in [0.2, 0.25) is 5.91 Å². The van der Waals surface area contributed by atoms with E-state index in [1.807, 2.05) is 61.4 Å². The van der Waals surface area contributed by atoms with E-state index in [0.717, 1.165) is 30.2 Å². The second kappa shape index (κ2) is 6.98. The van der Waals surface area contributed by atoms with E-state index in [0.29, 0.717) is 5.82 Å². The van der Waals surface area contributed by atoms with Gasteiger partial charge in [-0.2, -0.15) is 16.9 Å². The molecule has 0 aliphatic carbocycles. The molecule has 1 aromatic heterocycles. The highest BCUT2D eigenvalue weighted by molar-refractivity contribution is 7.99. The number of thioether (sulfide) groups is 1. The number of carbonyl (C=O) groups is 1. The van der Waals surface area contributed by atoms with Gasteiger partial charge in [-0.15, -0.1) is 0 Å². The SMILES string of the molecule is Cn1ccc(NC(=O)[C@H](c2ccccc2)N2CCSCC2)n1. The highest BCUT2D eigenvalue weighted by Crippen LogP contribution is 2.25. The summed E-state index contributed by atoms with van der Waals surface area (Å²) < 4.78 is 1.69. The molecule has 5 nitrogen and oxygen atoms in total. The van der Waals surface area contributed by atoms with Crippen molar-refractivity contribution in [2.45, 2.75) is 6.04 Å². The maximum absolute atomic E-state index is 12.8. The molecule has 1 aliphatic rings. The summed E-state index contributed by atoms with van der Waals surface area (Å²) in [6.07, 6.45) is 1.82. The number of aromatic nitrogens is 2. The Balaban J connectivity index is 1.82. The fourth-order valence-electron chi connectivity index (χ4n) is 2.68. The van der Waals surface area contributed by atoms with E-state index in [1.165, 1.54) is 0 Å². The number of nitrogens with zero attached hydrogens (tertiary/aromatic N) is 3. The molecule has 0 bridgehead atoms. The Bertz CT molecular complexity index is 622. The topological polar surface area (TPSA) is 50.2 Å². The third-order valence-corrected chi connectivity index (χ3v) is 4.68. The van der Waals surface area contributed by atoms with Crippen LogP contribution in [0.3, 0.4) is 0 Å². The molecule has 1 amide bonds. The molecule has 0 saturated carbocycles. The Morgan fingerprint density at radius 3 is 2.59 bits per heavy atom. The van der Waals surface area contributed by atoms with E-state index in [4.69, 9.17) is 0 Å². The predicted octanol–water partition coefficient (Wildman–Crippen LogP) is 2.15. The molecular weight excluding hydrogens is 296 g/mol.